The summed E-state index contributed by atoms with van der Waals surface area (Å²) < 4.78 is 2.57. The van der Waals surface area contributed by atoms with Crippen molar-refractivity contribution < 1.29 is 4.79 Å². The van der Waals surface area contributed by atoms with Crippen molar-refractivity contribution in [2.24, 2.45) is 0 Å². The van der Waals surface area contributed by atoms with Crippen LogP contribution < -0.4 is 10.9 Å². The van der Waals surface area contributed by atoms with Gasteiger partial charge >= 0.3 is 0 Å². The Morgan fingerprint density at radius 2 is 1.79 bits per heavy atom. The fraction of sp³-hybridized carbons (Fsp3) is 0.0769. The van der Waals surface area contributed by atoms with Gasteiger partial charge in [-0.25, -0.2) is 0 Å². The zero-order chi connectivity index (χ0) is 13.8. The van der Waals surface area contributed by atoms with Crippen LogP contribution in [0.1, 0.15) is 0 Å². The van der Waals surface area contributed by atoms with Gasteiger partial charge in [0.2, 0.25) is 5.91 Å². The minimum atomic E-state index is -0.257. The summed E-state index contributed by atoms with van der Waals surface area (Å²) in [5.41, 5.74) is 0.445. The van der Waals surface area contributed by atoms with Gasteiger partial charge in [-0.3, -0.25) is 9.59 Å². The number of carbonyl (C=O) groups excluding carboxylic acids is 1. The van der Waals surface area contributed by atoms with Crippen LogP contribution in [0.4, 0.5) is 5.69 Å². The number of para-hydroxylation sites is 1. The van der Waals surface area contributed by atoms with Crippen molar-refractivity contribution in [1.82, 2.24) is 4.57 Å². The fourth-order valence-electron chi connectivity index (χ4n) is 1.54. The molecular weight excluding hydrogens is 376 g/mol. The molecule has 0 atom stereocenters. The van der Waals surface area contributed by atoms with Gasteiger partial charge in [-0.15, -0.1) is 0 Å². The maximum Gasteiger partial charge on any atom is 0.265 e. The van der Waals surface area contributed by atoms with Crippen LogP contribution in [-0.2, 0) is 11.3 Å². The lowest BCUT2D eigenvalue weighted by Gasteiger charge is -2.08. The molecule has 0 unspecified atom stereocenters. The molecule has 1 N–H and O–H groups in total. The van der Waals surface area contributed by atoms with Gasteiger partial charge < -0.3 is 9.88 Å². The standard InChI is InChI=1S/C13H10Br2N2O2/c14-9-4-1-2-6-11(9)16-12(18)8-17-7-3-5-10(15)13(17)19/h1-7H,8H2,(H,16,18). The average molecular weight is 386 g/mol. The molecule has 1 aromatic carbocycles. The Morgan fingerprint density at radius 1 is 1.11 bits per heavy atom. The Kier molecular flexibility index (Phi) is 4.55. The molecule has 0 radical (unpaired) electrons. The normalized spacial score (nSPS) is 10.2. The summed E-state index contributed by atoms with van der Waals surface area (Å²) in [7, 11) is 0. The number of halogens is 2. The monoisotopic (exact) mass is 384 g/mol. The number of hydrogen-bond acceptors (Lipinski definition) is 2. The Hall–Kier alpha value is -1.40. The third kappa shape index (κ3) is 3.54. The van der Waals surface area contributed by atoms with Crippen LogP contribution in [0, 0.1) is 0 Å². The van der Waals surface area contributed by atoms with Gasteiger partial charge in [0.05, 0.1) is 10.2 Å². The Bertz CT molecular complexity index is 668. The van der Waals surface area contributed by atoms with E-state index in [1.165, 1.54) is 4.57 Å². The van der Waals surface area contributed by atoms with Crippen molar-refractivity contribution in [2.45, 2.75) is 6.54 Å². The SMILES string of the molecule is O=C(Cn1cccc(Br)c1=O)Nc1ccccc1Br. The number of anilines is 1. The van der Waals surface area contributed by atoms with Gasteiger partial charge in [0.25, 0.3) is 5.56 Å². The van der Waals surface area contributed by atoms with Crippen molar-refractivity contribution in [1.29, 1.82) is 0 Å². The molecule has 0 aliphatic carbocycles. The number of carbonyl (C=O) groups is 1. The minimum absolute atomic E-state index is 0.0282. The summed E-state index contributed by atoms with van der Waals surface area (Å²) in [5, 5.41) is 2.74. The zero-order valence-corrected chi connectivity index (χ0v) is 12.9. The Balaban J connectivity index is 2.12. The van der Waals surface area contributed by atoms with Crippen LogP contribution in [0.2, 0.25) is 0 Å². The second-order valence-corrected chi connectivity index (χ2v) is 5.53. The van der Waals surface area contributed by atoms with E-state index in [9.17, 15) is 9.59 Å². The summed E-state index contributed by atoms with van der Waals surface area (Å²) in [6.45, 7) is -0.0282. The Labute approximate surface area is 126 Å². The first-order chi connectivity index (χ1) is 9.08. The van der Waals surface area contributed by atoms with Gasteiger partial charge in [-0.1, -0.05) is 12.1 Å². The predicted molar refractivity (Wildman–Crippen MR) is 81.2 cm³/mol. The first-order valence-corrected chi connectivity index (χ1v) is 7.06. The number of hydrogen-bond donors (Lipinski definition) is 1. The van der Waals surface area contributed by atoms with Gasteiger partial charge in [0.15, 0.2) is 0 Å². The summed E-state index contributed by atoms with van der Waals surface area (Å²) >= 11 is 6.49. The van der Waals surface area contributed by atoms with Gasteiger partial charge in [-0.2, -0.15) is 0 Å². The third-order valence-corrected chi connectivity index (χ3v) is 3.73. The average Bonchev–Trinajstić information content (AvgIpc) is 2.38. The van der Waals surface area contributed by atoms with E-state index in [4.69, 9.17) is 0 Å². The van der Waals surface area contributed by atoms with Crippen molar-refractivity contribution in [2.75, 3.05) is 5.32 Å². The maximum atomic E-state index is 11.9. The molecule has 0 bridgehead atoms. The Morgan fingerprint density at radius 3 is 2.53 bits per heavy atom. The van der Waals surface area contributed by atoms with E-state index in [1.807, 2.05) is 18.2 Å². The number of nitrogens with one attached hydrogen (secondary N) is 1. The van der Waals surface area contributed by atoms with E-state index in [0.29, 0.717) is 10.2 Å². The number of aromatic nitrogens is 1. The van der Waals surface area contributed by atoms with Crippen LogP contribution in [0.5, 0.6) is 0 Å². The van der Waals surface area contributed by atoms with Crippen molar-refractivity contribution >= 4 is 43.5 Å². The molecule has 4 nitrogen and oxygen atoms in total. The molecule has 0 saturated heterocycles. The van der Waals surface area contributed by atoms with Crippen LogP contribution in [0.15, 0.2) is 56.3 Å². The van der Waals surface area contributed by atoms with Crippen LogP contribution in [-0.4, -0.2) is 10.5 Å². The predicted octanol–water partition coefficient (Wildman–Crippen LogP) is 3.01. The summed E-state index contributed by atoms with van der Waals surface area (Å²) in [6, 6.07) is 10.7. The summed E-state index contributed by atoms with van der Waals surface area (Å²) in [5.74, 6) is -0.257. The molecule has 19 heavy (non-hydrogen) atoms. The number of pyridine rings is 1. The highest BCUT2D eigenvalue weighted by molar-refractivity contribution is 9.10. The lowest BCUT2D eigenvalue weighted by molar-refractivity contribution is -0.116. The van der Waals surface area contributed by atoms with E-state index in [0.717, 1.165) is 4.47 Å². The largest absolute Gasteiger partial charge is 0.324 e. The minimum Gasteiger partial charge on any atom is -0.324 e. The highest BCUT2D eigenvalue weighted by Gasteiger charge is 2.07. The van der Waals surface area contributed by atoms with Crippen LogP contribution >= 0.6 is 31.9 Å². The van der Waals surface area contributed by atoms with Crippen LogP contribution in [0.3, 0.4) is 0 Å². The van der Waals surface area contributed by atoms with Gasteiger partial charge in [0, 0.05) is 10.7 Å². The summed E-state index contributed by atoms with van der Waals surface area (Å²) in [4.78, 5) is 23.6. The third-order valence-electron chi connectivity index (χ3n) is 2.44. The lowest BCUT2D eigenvalue weighted by atomic mass is 10.3. The number of amides is 1. The molecule has 0 spiro atoms. The van der Waals surface area contributed by atoms with Crippen LogP contribution in [0.25, 0.3) is 0 Å². The summed E-state index contributed by atoms with van der Waals surface area (Å²) in [6.07, 6.45) is 1.58. The highest BCUT2D eigenvalue weighted by atomic mass is 79.9. The van der Waals surface area contributed by atoms with Crippen molar-refractivity contribution in [3.8, 4) is 0 Å². The van der Waals surface area contributed by atoms with E-state index in [1.54, 1.807) is 24.4 Å². The topological polar surface area (TPSA) is 51.1 Å². The lowest BCUT2D eigenvalue weighted by Crippen LogP contribution is -2.27. The maximum absolute atomic E-state index is 11.9. The molecule has 0 aliphatic rings. The quantitative estimate of drug-likeness (QED) is 0.882. The second-order valence-electron chi connectivity index (χ2n) is 3.82. The molecule has 2 rings (SSSR count). The molecule has 2 aromatic rings. The fourth-order valence-corrected chi connectivity index (χ4v) is 2.30. The van der Waals surface area contributed by atoms with Gasteiger partial charge in [0.1, 0.15) is 6.54 Å². The molecule has 0 fully saturated rings. The van der Waals surface area contributed by atoms with E-state index >= 15 is 0 Å². The van der Waals surface area contributed by atoms with E-state index < -0.39 is 0 Å². The second kappa shape index (κ2) is 6.16. The molecule has 1 aromatic heterocycles. The smallest absolute Gasteiger partial charge is 0.265 e. The molecular formula is C13H10Br2N2O2. The molecule has 1 heterocycles. The molecule has 98 valence electrons. The molecule has 6 heteroatoms. The van der Waals surface area contributed by atoms with Crippen molar-refractivity contribution in [3.05, 3.63) is 61.9 Å². The number of benzene rings is 1. The molecule has 0 aliphatic heterocycles. The molecule has 0 saturated carbocycles. The number of rotatable bonds is 3. The molecule has 1 amide bonds. The first kappa shape index (κ1) is 14.0. The number of nitrogens with zero attached hydrogens (tertiary/aromatic N) is 1. The highest BCUT2D eigenvalue weighted by Crippen LogP contribution is 2.20. The van der Waals surface area contributed by atoms with E-state index in [2.05, 4.69) is 37.2 Å². The first-order valence-electron chi connectivity index (χ1n) is 5.47. The van der Waals surface area contributed by atoms with E-state index in [-0.39, 0.29) is 18.0 Å². The van der Waals surface area contributed by atoms with Gasteiger partial charge in [-0.05, 0) is 56.1 Å². The van der Waals surface area contributed by atoms with Crippen molar-refractivity contribution in [3.63, 3.8) is 0 Å². The zero-order valence-electron chi connectivity index (χ0n) is 9.77.